The van der Waals surface area contributed by atoms with Crippen LogP contribution in [0.2, 0.25) is 0 Å². The first-order valence-electron chi connectivity index (χ1n) is 6.34. The van der Waals surface area contributed by atoms with Crippen LogP contribution in [0.3, 0.4) is 0 Å². The van der Waals surface area contributed by atoms with Crippen molar-refractivity contribution in [3.05, 3.63) is 64.9 Å². The average molecular weight is 383 g/mol. The predicted octanol–water partition coefficient (Wildman–Crippen LogP) is 1.28. The highest BCUT2D eigenvalue weighted by molar-refractivity contribution is 9.10. The maximum Gasteiger partial charge on any atom is 0.325 e. The number of hydrogen-bond acceptors (Lipinski definition) is 5. The number of hydrogen-bond donors (Lipinski definition) is 3. The van der Waals surface area contributed by atoms with Crippen molar-refractivity contribution in [2.75, 3.05) is 5.32 Å². The third-order valence-corrected chi connectivity index (χ3v) is 3.74. The Morgan fingerprint density at radius 1 is 1.35 bits per heavy atom. The molecule has 0 unspecified atom stereocenters. The molecule has 23 heavy (non-hydrogen) atoms. The fourth-order valence-corrected chi connectivity index (χ4v) is 2.32. The summed E-state index contributed by atoms with van der Waals surface area (Å²) in [6.45, 7) is 1.25. The fraction of sp³-hybridized carbons (Fsp3) is 0.154. The molecule has 0 atom stereocenters. The molecule has 1 amide bonds. The van der Waals surface area contributed by atoms with Gasteiger partial charge in [-0.2, -0.15) is 0 Å². The topological polar surface area (TPSA) is 138 Å². The third-order valence-electron chi connectivity index (χ3n) is 2.91. The lowest BCUT2D eigenvalue weighted by atomic mass is 10.1. The molecule has 0 radical (unpaired) electrons. The lowest BCUT2D eigenvalue weighted by molar-refractivity contribution is -0.384. The highest BCUT2D eigenvalue weighted by atomic mass is 79.9. The zero-order valence-electron chi connectivity index (χ0n) is 11.8. The van der Waals surface area contributed by atoms with E-state index in [0.717, 1.165) is 0 Å². The van der Waals surface area contributed by atoms with E-state index in [1.54, 1.807) is 6.07 Å². The van der Waals surface area contributed by atoms with Gasteiger partial charge in [-0.05, 0) is 27.6 Å². The number of nitrogens with one attached hydrogen (secondary N) is 3. The number of H-pyrrole nitrogens is 2. The van der Waals surface area contributed by atoms with Crippen LogP contribution in [0.15, 0.2) is 32.3 Å². The fourth-order valence-electron chi connectivity index (χ4n) is 1.98. The first-order valence-corrected chi connectivity index (χ1v) is 7.13. The van der Waals surface area contributed by atoms with Crippen LogP contribution in [0.1, 0.15) is 18.2 Å². The standard InChI is InChI=1S/C13H11BrN4O5/c1-6(19)15-8-3-2-7(5-10(8)18(22)23)4-9-11(14)12(20)17-13(21)16-9/h2-3,5H,4H2,1H3,(H,15,19)(H2,16,17,20,21). The van der Waals surface area contributed by atoms with E-state index >= 15 is 0 Å². The summed E-state index contributed by atoms with van der Waals surface area (Å²) in [6.07, 6.45) is 0.0981. The van der Waals surface area contributed by atoms with Gasteiger partial charge in [-0.15, -0.1) is 0 Å². The molecule has 1 aromatic carbocycles. The van der Waals surface area contributed by atoms with Crippen LogP contribution in [-0.4, -0.2) is 20.8 Å². The maximum atomic E-state index is 11.5. The van der Waals surface area contributed by atoms with Gasteiger partial charge in [-0.1, -0.05) is 6.07 Å². The van der Waals surface area contributed by atoms with Crippen molar-refractivity contribution in [3.63, 3.8) is 0 Å². The van der Waals surface area contributed by atoms with Crippen molar-refractivity contribution < 1.29 is 9.72 Å². The summed E-state index contributed by atoms with van der Waals surface area (Å²) < 4.78 is 0.144. The Morgan fingerprint density at radius 3 is 2.65 bits per heavy atom. The van der Waals surface area contributed by atoms with Gasteiger partial charge < -0.3 is 10.3 Å². The predicted molar refractivity (Wildman–Crippen MR) is 85.6 cm³/mol. The van der Waals surface area contributed by atoms with E-state index in [9.17, 15) is 24.5 Å². The molecule has 1 aromatic heterocycles. The Morgan fingerprint density at radius 2 is 2.04 bits per heavy atom. The molecule has 10 heteroatoms. The molecule has 3 N–H and O–H groups in total. The number of halogens is 1. The van der Waals surface area contributed by atoms with Crippen molar-refractivity contribution in [2.24, 2.45) is 0 Å². The number of nitro benzene ring substituents is 1. The van der Waals surface area contributed by atoms with Crippen molar-refractivity contribution in [2.45, 2.75) is 13.3 Å². The number of aromatic nitrogens is 2. The van der Waals surface area contributed by atoms with Crippen LogP contribution in [0, 0.1) is 10.1 Å². The van der Waals surface area contributed by atoms with E-state index in [-0.39, 0.29) is 22.3 Å². The number of amides is 1. The number of benzene rings is 1. The zero-order valence-corrected chi connectivity index (χ0v) is 13.4. The average Bonchev–Trinajstić information content (AvgIpc) is 2.45. The number of nitrogens with zero attached hydrogens (tertiary/aromatic N) is 1. The number of anilines is 1. The first-order chi connectivity index (χ1) is 10.8. The smallest absolute Gasteiger partial charge is 0.321 e. The second kappa shape index (κ2) is 6.57. The molecule has 0 saturated carbocycles. The van der Waals surface area contributed by atoms with Gasteiger partial charge in [0.2, 0.25) is 5.91 Å². The van der Waals surface area contributed by atoms with Crippen LogP contribution < -0.4 is 16.6 Å². The number of aromatic amines is 2. The summed E-state index contributed by atoms with van der Waals surface area (Å²) in [6, 6.07) is 4.23. The van der Waals surface area contributed by atoms with Crippen LogP contribution in [0.5, 0.6) is 0 Å². The number of carbonyl (C=O) groups is 1. The Kier molecular flexibility index (Phi) is 4.74. The van der Waals surface area contributed by atoms with Crippen LogP contribution in [0.4, 0.5) is 11.4 Å². The zero-order chi connectivity index (χ0) is 17.1. The molecule has 2 aromatic rings. The van der Waals surface area contributed by atoms with E-state index < -0.39 is 22.1 Å². The number of nitro groups is 1. The summed E-state index contributed by atoms with van der Waals surface area (Å²) in [5.74, 6) is -0.428. The lowest BCUT2D eigenvalue weighted by Crippen LogP contribution is -2.25. The van der Waals surface area contributed by atoms with E-state index in [2.05, 4.69) is 31.2 Å². The van der Waals surface area contributed by atoms with Gasteiger partial charge in [0, 0.05) is 25.1 Å². The number of carbonyl (C=O) groups excluding carboxylic acids is 1. The highest BCUT2D eigenvalue weighted by Gasteiger charge is 2.16. The minimum absolute atomic E-state index is 0.0738. The molecule has 0 saturated heterocycles. The van der Waals surface area contributed by atoms with Gasteiger partial charge in [0.05, 0.1) is 4.92 Å². The SMILES string of the molecule is CC(=O)Nc1ccc(Cc2[nH]c(=O)[nH]c(=O)c2Br)cc1[N+](=O)[O-]. The molecule has 120 valence electrons. The van der Waals surface area contributed by atoms with E-state index in [1.807, 2.05) is 0 Å². The van der Waals surface area contributed by atoms with Gasteiger partial charge in [0.15, 0.2) is 0 Å². The molecule has 1 heterocycles. The highest BCUT2D eigenvalue weighted by Crippen LogP contribution is 2.27. The Hall–Kier alpha value is -2.75. The Balaban J connectivity index is 2.44. The quantitative estimate of drug-likeness (QED) is 0.539. The monoisotopic (exact) mass is 382 g/mol. The molecule has 0 fully saturated rings. The van der Waals surface area contributed by atoms with Crippen molar-refractivity contribution in [3.8, 4) is 0 Å². The summed E-state index contributed by atoms with van der Waals surface area (Å²) in [5, 5.41) is 13.5. The van der Waals surface area contributed by atoms with Crippen LogP contribution >= 0.6 is 15.9 Å². The van der Waals surface area contributed by atoms with Gasteiger partial charge in [0.1, 0.15) is 10.2 Å². The summed E-state index contributed by atoms with van der Waals surface area (Å²) in [4.78, 5) is 48.9. The summed E-state index contributed by atoms with van der Waals surface area (Å²) >= 11 is 3.06. The molecule has 9 nitrogen and oxygen atoms in total. The Labute approximate surface area is 137 Å². The van der Waals surface area contributed by atoms with Crippen molar-refractivity contribution in [1.29, 1.82) is 0 Å². The Bertz CT molecular complexity index is 902. The van der Waals surface area contributed by atoms with Crippen LogP contribution in [-0.2, 0) is 11.2 Å². The molecule has 2 rings (SSSR count). The molecular weight excluding hydrogens is 372 g/mol. The number of rotatable bonds is 4. The largest absolute Gasteiger partial charge is 0.325 e. The molecule has 0 aliphatic rings. The summed E-state index contributed by atoms with van der Waals surface area (Å²) in [7, 11) is 0. The molecule has 0 spiro atoms. The van der Waals surface area contributed by atoms with Crippen LogP contribution in [0.25, 0.3) is 0 Å². The molecule has 0 aliphatic carbocycles. The first kappa shape index (κ1) is 16.6. The minimum atomic E-state index is -0.669. The van der Waals surface area contributed by atoms with E-state index in [1.165, 1.54) is 19.1 Å². The second-order valence-electron chi connectivity index (χ2n) is 4.67. The lowest BCUT2D eigenvalue weighted by Gasteiger charge is -2.07. The van der Waals surface area contributed by atoms with E-state index in [0.29, 0.717) is 11.3 Å². The second-order valence-corrected chi connectivity index (χ2v) is 5.46. The normalized spacial score (nSPS) is 10.3. The van der Waals surface area contributed by atoms with Gasteiger partial charge in [-0.3, -0.25) is 24.7 Å². The van der Waals surface area contributed by atoms with Gasteiger partial charge in [-0.25, -0.2) is 4.79 Å². The third kappa shape index (κ3) is 3.92. The minimum Gasteiger partial charge on any atom is -0.321 e. The molecule has 0 aliphatic heterocycles. The van der Waals surface area contributed by atoms with Crippen molar-refractivity contribution in [1.82, 2.24) is 9.97 Å². The molecule has 0 bridgehead atoms. The van der Waals surface area contributed by atoms with Gasteiger partial charge in [0.25, 0.3) is 11.2 Å². The van der Waals surface area contributed by atoms with E-state index in [4.69, 9.17) is 0 Å². The van der Waals surface area contributed by atoms with Crippen molar-refractivity contribution >= 4 is 33.2 Å². The van der Waals surface area contributed by atoms with Gasteiger partial charge >= 0.3 is 5.69 Å². The maximum absolute atomic E-state index is 11.5. The molecular formula is C13H11BrN4O5. The summed E-state index contributed by atoms with van der Waals surface area (Å²) in [5.41, 5.74) is -0.676.